The third-order valence-electron chi connectivity index (χ3n) is 4.72. The highest BCUT2D eigenvalue weighted by atomic mass is 32.2. The molecule has 0 unspecified atom stereocenters. The molecule has 0 atom stereocenters. The van der Waals surface area contributed by atoms with Crippen LogP contribution in [0.15, 0.2) is 84.3 Å². The molecule has 168 valence electrons. The summed E-state index contributed by atoms with van der Waals surface area (Å²) in [6.07, 6.45) is 3.36. The van der Waals surface area contributed by atoms with Gasteiger partial charge in [-0.3, -0.25) is 9.55 Å². The van der Waals surface area contributed by atoms with E-state index in [0.29, 0.717) is 28.5 Å². The number of hydrogen-bond acceptors (Lipinski definition) is 9. The fraction of sp³-hybridized carbons (Fsp3) is 0.0435. The Labute approximate surface area is 198 Å². The minimum absolute atomic E-state index is 0.113. The molecule has 0 spiro atoms. The molecule has 0 bridgehead atoms. The van der Waals surface area contributed by atoms with Crippen molar-refractivity contribution < 1.29 is 4.39 Å². The minimum atomic E-state index is -0.324. The van der Waals surface area contributed by atoms with Gasteiger partial charge in [0.1, 0.15) is 11.6 Å². The second-order valence-corrected chi connectivity index (χ2v) is 8.01. The van der Waals surface area contributed by atoms with E-state index in [1.165, 1.54) is 23.9 Å². The molecule has 3 N–H and O–H groups in total. The van der Waals surface area contributed by atoms with Crippen LogP contribution in [0.4, 0.5) is 22.0 Å². The van der Waals surface area contributed by atoms with E-state index in [0.717, 1.165) is 16.9 Å². The molecule has 0 saturated carbocycles. The third kappa shape index (κ3) is 4.84. The number of nitrogen functional groups attached to an aromatic ring is 1. The van der Waals surface area contributed by atoms with Gasteiger partial charge in [-0.25, -0.2) is 4.39 Å². The lowest BCUT2D eigenvalue weighted by Gasteiger charge is -2.10. The zero-order chi connectivity index (χ0) is 23.3. The fourth-order valence-corrected chi connectivity index (χ4v) is 4.02. The Kier molecular flexibility index (Phi) is 6.08. The largest absolute Gasteiger partial charge is 0.368 e. The number of nitrogens with zero attached hydrogens (tertiary/aromatic N) is 7. The van der Waals surface area contributed by atoms with Gasteiger partial charge < -0.3 is 11.1 Å². The van der Waals surface area contributed by atoms with Crippen LogP contribution in [0.5, 0.6) is 0 Å². The van der Waals surface area contributed by atoms with Crippen LogP contribution in [0.3, 0.4) is 0 Å². The van der Waals surface area contributed by atoms with Crippen molar-refractivity contribution in [2.75, 3.05) is 11.1 Å². The summed E-state index contributed by atoms with van der Waals surface area (Å²) in [5.74, 6) is 1.60. The van der Waals surface area contributed by atoms with Gasteiger partial charge in [-0.15, -0.1) is 10.2 Å². The number of aromatic nitrogens is 7. The fourth-order valence-electron chi connectivity index (χ4n) is 3.21. The monoisotopic (exact) mass is 471 g/mol. The highest BCUT2D eigenvalue weighted by Crippen LogP contribution is 2.29. The SMILES string of the molecule is Nc1nc(CSc2nnc(-c3ccncc3)n2-c2ccc(F)cc2)nc(Nc2ccccc2)n1. The van der Waals surface area contributed by atoms with E-state index < -0.39 is 0 Å². The van der Waals surface area contributed by atoms with Crippen molar-refractivity contribution in [3.05, 3.63) is 90.8 Å². The molecule has 5 aromatic rings. The summed E-state index contributed by atoms with van der Waals surface area (Å²) in [7, 11) is 0. The van der Waals surface area contributed by atoms with Crippen molar-refractivity contribution in [2.24, 2.45) is 0 Å². The Bertz CT molecular complexity index is 1390. The molecule has 0 aliphatic rings. The van der Waals surface area contributed by atoms with Gasteiger partial charge in [-0.05, 0) is 48.5 Å². The molecule has 0 radical (unpaired) electrons. The van der Waals surface area contributed by atoms with Crippen LogP contribution < -0.4 is 11.1 Å². The Hall–Kier alpha value is -4.38. The summed E-state index contributed by atoms with van der Waals surface area (Å²) < 4.78 is 15.4. The maximum absolute atomic E-state index is 13.6. The molecule has 0 amide bonds. The molecule has 9 nitrogen and oxygen atoms in total. The first-order valence-electron chi connectivity index (χ1n) is 10.2. The van der Waals surface area contributed by atoms with Crippen LogP contribution in [0.2, 0.25) is 0 Å². The van der Waals surface area contributed by atoms with Crippen molar-refractivity contribution in [2.45, 2.75) is 10.9 Å². The predicted molar refractivity (Wildman–Crippen MR) is 128 cm³/mol. The molecule has 5 rings (SSSR count). The first kappa shape index (κ1) is 21.5. The molecule has 2 aromatic carbocycles. The summed E-state index contributed by atoms with van der Waals surface area (Å²) >= 11 is 1.38. The lowest BCUT2D eigenvalue weighted by molar-refractivity contribution is 0.627. The normalized spacial score (nSPS) is 10.9. The Morgan fingerprint density at radius 1 is 0.882 bits per heavy atom. The van der Waals surface area contributed by atoms with Crippen molar-refractivity contribution in [3.8, 4) is 17.1 Å². The average molecular weight is 472 g/mol. The van der Waals surface area contributed by atoms with Crippen molar-refractivity contribution in [1.29, 1.82) is 0 Å². The number of thioether (sulfide) groups is 1. The predicted octanol–water partition coefficient (Wildman–Crippen LogP) is 4.27. The van der Waals surface area contributed by atoms with Crippen LogP contribution in [0, 0.1) is 5.82 Å². The van der Waals surface area contributed by atoms with E-state index in [-0.39, 0.29) is 11.8 Å². The number of hydrogen-bond donors (Lipinski definition) is 2. The smallest absolute Gasteiger partial charge is 0.232 e. The number of anilines is 3. The van der Waals surface area contributed by atoms with Gasteiger partial charge in [0.05, 0.1) is 5.75 Å². The molecule has 3 heterocycles. The number of pyridine rings is 1. The lowest BCUT2D eigenvalue weighted by Crippen LogP contribution is -2.07. The summed E-state index contributed by atoms with van der Waals surface area (Å²) in [6, 6.07) is 19.4. The minimum Gasteiger partial charge on any atom is -0.368 e. The molecule has 3 aromatic heterocycles. The van der Waals surface area contributed by atoms with Crippen LogP contribution in [0.1, 0.15) is 5.82 Å². The van der Waals surface area contributed by atoms with Crippen molar-refractivity contribution >= 4 is 29.3 Å². The van der Waals surface area contributed by atoms with Gasteiger partial charge in [0, 0.05) is 29.3 Å². The van der Waals surface area contributed by atoms with Gasteiger partial charge in [0.2, 0.25) is 11.9 Å². The number of nitrogens with two attached hydrogens (primary N) is 1. The summed E-state index contributed by atoms with van der Waals surface area (Å²) in [5.41, 5.74) is 8.30. The topological polar surface area (TPSA) is 120 Å². The Morgan fingerprint density at radius 3 is 2.41 bits per heavy atom. The average Bonchev–Trinajstić information content (AvgIpc) is 3.28. The van der Waals surface area contributed by atoms with Crippen LogP contribution in [0.25, 0.3) is 17.1 Å². The second-order valence-electron chi connectivity index (χ2n) is 7.07. The maximum Gasteiger partial charge on any atom is 0.232 e. The molecule has 11 heteroatoms. The summed E-state index contributed by atoms with van der Waals surface area (Å²) in [6.45, 7) is 0. The number of para-hydroxylation sites is 1. The van der Waals surface area contributed by atoms with E-state index in [4.69, 9.17) is 5.73 Å². The van der Waals surface area contributed by atoms with E-state index in [1.807, 2.05) is 47.0 Å². The molecular weight excluding hydrogens is 453 g/mol. The quantitative estimate of drug-likeness (QED) is 0.335. The van der Waals surface area contributed by atoms with Crippen molar-refractivity contribution in [1.82, 2.24) is 34.7 Å². The number of halogens is 1. The first-order valence-corrected chi connectivity index (χ1v) is 11.2. The Balaban J connectivity index is 1.44. The Morgan fingerprint density at radius 2 is 1.65 bits per heavy atom. The van der Waals surface area contributed by atoms with E-state index in [1.54, 1.807) is 24.5 Å². The maximum atomic E-state index is 13.6. The molecule has 0 aliphatic carbocycles. The number of rotatable bonds is 7. The summed E-state index contributed by atoms with van der Waals surface area (Å²) in [5, 5.41) is 12.4. The summed E-state index contributed by atoms with van der Waals surface area (Å²) in [4.78, 5) is 16.9. The van der Waals surface area contributed by atoms with Gasteiger partial charge in [-0.2, -0.15) is 15.0 Å². The number of nitrogens with one attached hydrogen (secondary N) is 1. The standard InChI is InChI=1S/C23H18FN9S/c24-16-6-8-18(9-7-16)33-20(15-10-12-26-13-11-15)31-32-23(33)34-14-19-28-21(25)30-22(29-19)27-17-4-2-1-3-5-17/h1-13H,14H2,(H3,25,27,28,29,30). The number of benzene rings is 2. The van der Waals surface area contributed by atoms with E-state index in [2.05, 4.69) is 35.5 Å². The highest BCUT2D eigenvalue weighted by Gasteiger charge is 2.17. The van der Waals surface area contributed by atoms with E-state index in [9.17, 15) is 4.39 Å². The zero-order valence-electron chi connectivity index (χ0n) is 17.7. The molecule has 34 heavy (non-hydrogen) atoms. The van der Waals surface area contributed by atoms with Crippen LogP contribution >= 0.6 is 11.8 Å². The van der Waals surface area contributed by atoms with Crippen LogP contribution in [-0.4, -0.2) is 34.7 Å². The zero-order valence-corrected chi connectivity index (χ0v) is 18.5. The second kappa shape index (κ2) is 9.63. The highest BCUT2D eigenvalue weighted by molar-refractivity contribution is 7.98. The van der Waals surface area contributed by atoms with Crippen molar-refractivity contribution in [3.63, 3.8) is 0 Å². The molecule has 0 fully saturated rings. The van der Waals surface area contributed by atoms with E-state index >= 15 is 0 Å². The van der Waals surface area contributed by atoms with Gasteiger partial charge in [0.25, 0.3) is 0 Å². The van der Waals surface area contributed by atoms with Gasteiger partial charge in [0.15, 0.2) is 11.0 Å². The third-order valence-corrected chi connectivity index (χ3v) is 5.64. The lowest BCUT2D eigenvalue weighted by atomic mass is 10.2. The first-order chi connectivity index (χ1) is 16.7. The molecule has 0 saturated heterocycles. The molecule has 0 aliphatic heterocycles. The van der Waals surface area contributed by atoms with Crippen LogP contribution in [-0.2, 0) is 5.75 Å². The molecular formula is C23H18FN9S. The van der Waals surface area contributed by atoms with Gasteiger partial charge >= 0.3 is 0 Å². The van der Waals surface area contributed by atoms with Gasteiger partial charge in [-0.1, -0.05) is 30.0 Å².